The van der Waals surface area contributed by atoms with E-state index in [9.17, 15) is 32.9 Å². The number of alkyl halides is 3. The second-order valence-corrected chi connectivity index (χ2v) is 2.69. The van der Waals surface area contributed by atoms with Gasteiger partial charge in [-0.05, 0) is 0 Å². The van der Waals surface area contributed by atoms with Gasteiger partial charge >= 0.3 is 12.0 Å². The maximum Gasteiger partial charge on any atom is 0.574 e. The first-order valence-electron chi connectivity index (χ1n) is 3.87. The molecule has 0 amide bonds. The van der Waals surface area contributed by atoms with Crippen molar-refractivity contribution >= 4 is 12.0 Å². The fraction of sp³-hybridized carbons (Fsp3) is 0.143. The van der Waals surface area contributed by atoms with Crippen LogP contribution in [0.4, 0.5) is 18.9 Å². The summed E-state index contributed by atoms with van der Waals surface area (Å²) >= 11 is 0. The summed E-state index contributed by atoms with van der Waals surface area (Å²) in [5.41, 5.74) is -3.19. The first-order valence-corrected chi connectivity index (χ1v) is 3.87. The minimum Gasteiger partial charge on any atom is -0.382 e. The summed E-state index contributed by atoms with van der Waals surface area (Å²) in [6, 6.07) is 0.494. The van der Waals surface area contributed by atoms with Crippen molar-refractivity contribution in [1.29, 1.82) is 0 Å². The summed E-state index contributed by atoms with van der Waals surface area (Å²) in [6.07, 6.45) is -5.34. The Hall–Kier alpha value is -2.39. The Bertz CT molecular complexity index is 521. The molecule has 7 nitrogen and oxygen atoms in total. The highest BCUT2D eigenvalue weighted by Gasteiger charge is 2.36. The lowest BCUT2D eigenvalue weighted by Crippen LogP contribution is -2.22. The molecule has 1 aromatic rings. The zero-order valence-corrected chi connectivity index (χ0v) is 7.78. The van der Waals surface area contributed by atoms with Crippen molar-refractivity contribution in [3.05, 3.63) is 32.1 Å². The third-order valence-corrected chi connectivity index (χ3v) is 1.54. The van der Waals surface area contributed by atoms with E-state index in [2.05, 4.69) is 4.74 Å². The summed E-state index contributed by atoms with van der Waals surface area (Å²) in [4.78, 5) is 32.0. The second kappa shape index (κ2) is 4.23. The number of hydrogen-bond donors (Lipinski definition) is 1. The highest BCUT2D eigenvalue weighted by molar-refractivity contribution is 5.82. The van der Waals surface area contributed by atoms with Gasteiger partial charge < -0.3 is 4.74 Å². The maximum absolute atomic E-state index is 11.9. The van der Waals surface area contributed by atoms with E-state index in [4.69, 9.17) is 0 Å². The lowest BCUT2D eigenvalue weighted by Gasteiger charge is -2.08. The molecule has 1 aromatic heterocycles. The van der Waals surface area contributed by atoms with Crippen molar-refractivity contribution in [1.82, 2.24) is 4.98 Å². The van der Waals surface area contributed by atoms with Crippen molar-refractivity contribution in [3.63, 3.8) is 0 Å². The van der Waals surface area contributed by atoms with Crippen LogP contribution in [0.15, 0.2) is 10.9 Å². The van der Waals surface area contributed by atoms with Gasteiger partial charge in [0.2, 0.25) is 0 Å². The first kappa shape index (κ1) is 12.7. The zero-order chi connectivity index (χ0) is 13.2. The predicted octanol–water partition coefficient (Wildman–Crippen LogP) is 0.994. The first-order chi connectivity index (χ1) is 7.74. The number of carbonyl (C=O) groups is 1. The van der Waals surface area contributed by atoms with Crippen LogP contribution in [0.3, 0.4) is 0 Å². The number of H-pyrrole nitrogens is 1. The van der Waals surface area contributed by atoms with E-state index in [1.165, 1.54) is 4.98 Å². The normalized spacial score (nSPS) is 11.0. The molecule has 17 heavy (non-hydrogen) atoms. The van der Waals surface area contributed by atoms with Crippen LogP contribution in [0.2, 0.25) is 0 Å². The second-order valence-electron chi connectivity index (χ2n) is 2.69. The SMILES string of the molecule is O=Cc1cc(=O)[nH]c(OC(F)(F)F)c1[N+](=O)[O-]. The van der Waals surface area contributed by atoms with Gasteiger partial charge in [-0.15, -0.1) is 13.2 Å². The fourth-order valence-electron chi connectivity index (χ4n) is 1.02. The molecule has 0 aliphatic carbocycles. The molecule has 0 bridgehead atoms. The van der Waals surface area contributed by atoms with Crippen molar-refractivity contribution in [3.8, 4) is 5.88 Å². The van der Waals surface area contributed by atoms with Crippen LogP contribution >= 0.6 is 0 Å². The molecular weight excluding hydrogens is 249 g/mol. The molecule has 92 valence electrons. The molecule has 1 rings (SSSR count). The van der Waals surface area contributed by atoms with E-state index in [1.807, 2.05) is 0 Å². The average molecular weight is 252 g/mol. The molecular formula is C7H3F3N2O5. The minimum atomic E-state index is -5.23. The van der Waals surface area contributed by atoms with E-state index in [0.717, 1.165) is 0 Å². The third kappa shape index (κ3) is 3.03. The summed E-state index contributed by atoms with van der Waals surface area (Å²) < 4.78 is 39.0. The van der Waals surface area contributed by atoms with E-state index in [-0.39, 0.29) is 6.29 Å². The molecule has 0 aromatic carbocycles. The Kier molecular flexibility index (Phi) is 3.16. The number of hydrogen-bond acceptors (Lipinski definition) is 5. The molecule has 0 spiro atoms. The predicted molar refractivity (Wildman–Crippen MR) is 45.8 cm³/mol. The Morgan fingerprint density at radius 2 is 2.06 bits per heavy atom. The molecule has 1 N–H and O–H groups in total. The topological polar surface area (TPSA) is 102 Å². The van der Waals surface area contributed by atoms with Crippen molar-refractivity contribution < 1.29 is 27.6 Å². The van der Waals surface area contributed by atoms with Crippen molar-refractivity contribution in [2.24, 2.45) is 0 Å². The van der Waals surface area contributed by atoms with E-state index < -0.39 is 34.0 Å². The van der Waals surface area contributed by atoms with Gasteiger partial charge in [-0.3, -0.25) is 24.7 Å². The summed E-state index contributed by atoms with van der Waals surface area (Å²) in [7, 11) is 0. The van der Waals surface area contributed by atoms with Crippen LogP contribution < -0.4 is 10.3 Å². The molecule has 0 radical (unpaired) electrons. The van der Waals surface area contributed by atoms with Gasteiger partial charge in [0.1, 0.15) is 5.56 Å². The Morgan fingerprint density at radius 1 is 1.47 bits per heavy atom. The Balaban J connectivity index is 3.46. The van der Waals surface area contributed by atoms with Gasteiger partial charge in [0.05, 0.1) is 4.92 Å². The van der Waals surface area contributed by atoms with Gasteiger partial charge in [-0.25, -0.2) is 0 Å². The Morgan fingerprint density at radius 3 is 2.47 bits per heavy atom. The number of nitro groups is 1. The molecule has 1 heterocycles. The molecule has 0 unspecified atom stereocenters. The van der Waals surface area contributed by atoms with Crippen LogP contribution in [0, 0.1) is 10.1 Å². The number of nitrogens with zero attached hydrogens (tertiary/aromatic N) is 1. The van der Waals surface area contributed by atoms with E-state index in [0.29, 0.717) is 6.07 Å². The molecule has 0 atom stereocenters. The quantitative estimate of drug-likeness (QED) is 0.491. The number of halogens is 3. The molecule has 0 aliphatic heterocycles. The van der Waals surface area contributed by atoms with Crippen molar-refractivity contribution in [2.75, 3.05) is 0 Å². The number of rotatable bonds is 3. The van der Waals surface area contributed by atoms with Gasteiger partial charge in [-0.2, -0.15) is 0 Å². The number of ether oxygens (including phenoxy) is 1. The number of carbonyl (C=O) groups excluding carboxylic acids is 1. The van der Waals surface area contributed by atoms with Crippen molar-refractivity contribution in [2.45, 2.75) is 6.36 Å². The fourth-order valence-corrected chi connectivity index (χ4v) is 1.02. The highest BCUT2D eigenvalue weighted by Crippen LogP contribution is 2.30. The van der Waals surface area contributed by atoms with Gasteiger partial charge in [0.25, 0.3) is 11.4 Å². The number of aromatic amines is 1. The van der Waals surface area contributed by atoms with Gasteiger partial charge in [0.15, 0.2) is 6.29 Å². The van der Waals surface area contributed by atoms with Crippen LogP contribution in [-0.4, -0.2) is 22.6 Å². The summed E-state index contributed by atoms with van der Waals surface area (Å²) in [6.45, 7) is 0. The van der Waals surface area contributed by atoms with Crippen LogP contribution in [0.1, 0.15) is 10.4 Å². The maximum atomic E-state index is 11.9. The molecule has 0 saturated carbocycles. The molecule has 10 heteroatoms. The minimum absolute atomic E-state index is 0.114. The van der Waals surface area contributed by atoms with Crippen LogP contribution in [0.25, 0.3) is 0 Å². The zero-order valence-electron chi connectivity index (χ0n) is 7.78. The smallest absolute Gasteiger partial charge is 0.382 e. The van der Waals surface area contributed by atoms with E-state index in [1.54, 1.807) is 0 Å². The third-order valence-electron chi connectivity index (χ3n) is 1.54. The Labute approximate surface area is 90.0 Å². The van der Waals surface area contributed by atoms with Crippen LogP contribution in [-0.2, 0) is 0 Å². The van der Waals surface area contributed by atoms with Crippen LogP contribution in [0.5, 0.6) is 5.88 Å². The number of nitrogens with one attached hydrogen (secondary N) is 1. The van der Waals surface area contributed by atoms with Gasteiger partial charge in [-0.1, -0.05) is 0 Å². The monoisotopic (exact) mass is 252 g/mol. The standard InChI is InChI=1S/C7H3F3N2O5/c8-7(9,10)17-6-5(12(15)16)3(2-13)1-4(14)11-6/h1-2H,(H,11,14). The van der Waals surface area contributed by atoms with Gasteiger partial charge in [0, 0.05) is 6.07 Å². The number of aromatic nitrogens is 1. The molecule has 0 fully saturated rings. The molecule has 0 aliphatic rings. The average Bonchev–Trinajstić information content (AvgIpc) is 2.12. The number of aldehydes is 1. The summed E-state index contributed by atoms with van der Waals surface area (Å²) in [5.74, 6) is -1.43. The van der Waals surface area contributed by atoms with E-state index >= 15 is 0 Å². The number of pyridine rings is 1. The lowest BCUT2D eigenvalue weighted by atomic mass is 10.2. The molecule has 0 saturated heterocycles. The lowest BCUT2D eigenvalue weighted by molar-refractivity contribution is -0.389. The highest BCUT2D eigenvalue weighted by atomic mass is 19.4. The largest absolute Gasteiger partial charge is 0.574 e. The summed E-state index contributed by atoms with van der Waals surface area (Å²) in [5, 5.41) is 10.5.